The Morgan fingerprint density at radius 2 is 0.615 bits per heavy atom. The molecule has 0 N–H and O–H groups in total. The molecular formula is C66H67O11P. The van der Waals surface area contributed by atoms with Crippen molar-refractivity contribution in [3.63, 3.8) is 0 Å². The maximum absolute atomic E-state index is 16.8. The van der Waals surface area contributed by atoms with Crippen LogP contribution in [0.1, 0.15) is 38.9 Å². The lowest BCUT2D eigenvalue weighted by atomic mass is 9.97. The van der Waals surface area contributed by atoms with E-state index in [1.165, 1.54) is 0 Å². The molecule has 8 aromatic rings. The van der Waals surface area contributed by atoms with E-state index in [0.717, 1.165) is 38.9 Å². The molecule has 0 aromatic heterocycles. The predicted molar refractivity (Wildman–Crippen MR) is 299 cm³/mol. The second-order valence-corrected chi connectivity index (χ2v) is 21.9. The summed E-state index contributed by atoms with van der Waals surface area (Å²) in [5, 5.41) is 0.430. The van der Waals surface area contributed by atoms with Crippen LogP contribution in [0, 0.1) is 0 Å². The van der Waals surface area contributed by atoms with Gasteiger partial charge in [0.1, 0.15) is 42.7 Å². The molecule has 402 valence electrons. The standard InChI is InChI=1S/C66H67O11P/c67-78(57-39-23-8-24-40-57)66(64(74-47-56-37-21-7-22-38-56)61(71-44-53-31-15-4-16-32-53)59(77-78)49-69-42-51-27-11-2-12-28-51)76-65-63(73-46-55-35-19-6-20-36-55)62(72-45-54-33-17-5-18-34-54)60(70-43-52-29-13-3-14-30-52)58(75-65)48-68-41-50-25-9-1-10-26-50/h1-40,58-66H,41-49H2/t58-,59-,60-,61-,62+,63-,64+,65?,66+,78+/m1/s1. The third-order valence-corrected chi connectivity index (χ3v) is 16.5. The van der Waals surface area contributed by atoms with Crippen LogP contribution in [0.2, 0.25) is 0 Å². The summed E-state index contributed by atoms with van der Waals surface area (Å²) in [4.78, 5) is 0. The van der Waals surface area contributed by atoms with Gasteiger partial charge in [0.15, 0.2) is 12.1 Å². The summed E-state index contributed by atoms with van der Waals surface area (Å²) in [7, 11) is -4.20. The Bertz CT molecular complexity index is 2990. The van der Waals surface area contributed by atoms with Gasteiger partial charge in [-0.2, -0.15) is 0 Å². The molecule has 2 aliphatic heterocycles. The van der Waals surface area contributed by atoms with Crippen molar-refractivity contribution >= 4 is 12.7 Å². The molecule has 2 aliphatic rings. The van der Waals surface area contributed by atoms with Crippen LogP contribution in [0.5, 0.6) is 0 Å². The van der Waals surface area contributed by atoms with Gasteiger partial charge in [-0.05, 0) is 51.1 Å². The fourth-order valence-corrected chi connectivity index (χ4v) is 12.4. The van der Waals surface area contributed by atoms with E-state index in [-0.39, 0.29) is 46.2 Å². The molecule has 2 saturated heterocycles. The van der Waals surface area contributed by atoms with Crippen molar-refractivity contribution in [3.05, 3.63) is 282 Å². The summed E-state index contributed by atoms with van der Waals surface area (Å²) < 4.78 is 87.1. The molecule has 78 heavy (non-hydrogen) atoms. The molecule has 10 rings (SSSR count). The summed E-state index contributed by atoms with van der Waals surface area (Å²) in [5.74, 6) is -1.34. The summed E-state index contributed by atoms with van der Waals surface area (Å²) >= 11 is 0. The third kappa shape index (κ3) is 15.0. The summed E-state index contributed by atoms with van der Waals surface area (Å²) in [5.41, 5.74) is 6.64. The van der Waals surface area contributed by atoms with E-state index < -0.39 is 62.2 Å². The van der Waals surface area contributed by atoms with Gasteiger partial charge in [0.05, 0.1) is 59.5 Å². The lowest BCUT2D eigenvalue weighted by Crippen LogP contribution is -2.64. The van der Waals surface area contributed by atoms with Gasteiger partial charge in [0.25, 0.3) is 7.37 Å². The van der Waals surface area contributed by atoms with Crippen LogP contribution in [-0.4, -0.2) is 68.1 Å². The Kier molecular flexibility index (Phi) is 20.0. The van der Waals surface area contributed by atoms with E-state index in [9.17, 15) is 0 Å². The van der Waals surface area contributed by atoms with Crippen LogP contribution in [0.25, 0.3) is 0 Å². The second kappa shape index (κ2) is 28.5. The van der Waals surface area contributed by atoms with Crippen molar-refractivity contribution in [2.24, 2.45) is 0 Å². The number of rotatable bonds is 26. The smallest absolute Gasteiger partial charge is 0.263 e. The van der Waals surface area contributed by atoms with Crippen molar-refractivity contribution in [3.8, 4) is 0 Å². The van der Waals surface area contributed by atoms with Crippen LogP contribution < -0.4 is 5.30 Å². The maximum atomic E-state index is 16.8. The minimum absolute atomic E-state index is 0.0302. The van der Waals surface area contributed by atoms with Gasteiger partial charge in [-0.25, -0.2) is 0 Å². The Hall–Kier alpha value is -6.41. The highest BCUT2D eigenvalue weighted by atomic mass is 31.2. The molecule has 2 heterocycles. The van der Waals surface area contributed by atoms with Crippen LogP contribution in [0.3, 0.4) is 0 Å². The average molecular weight is 1070 g/mol. The van der Waals surface area contributed by atoms with Crippen LogP contribution in [-0.2, 0) is 98.0 Å². The lowest BCUT2D eigenvalue weighted by molar-refractivity contribution is -0.340. The summed E-state index contributed by atoms with van der Waals surface area (Å²) in [6, 6.07) is 78.8. The molecule has 0 radical (unpaired) electrons. The zero-order chi connectivity index (χ0) is 53.0. The Morgan fingerprint density at radius 3 is 1.00 bits per heavy atom. The van der Waals surface area contributed by atoms with Gasteiger partial charge >= 0.3 is 0 Å². The molecule has 2 fully saturated rings. The maximum Gasteiger partial charge on any atom is 0.263 e. The largest absolute Gasteiger partial charge is 0.374 e. The van der Waals surface area contributed by atoms with E-state index >= 15 is 4.57 Å². The SMILES string of the molecule is O=[P@@]1(c2ccccc2)O[C@H](COCc2ccccc2)[C@@H](OCc2ccccc2)[C@H](OCc2ccccc2)[C@H]1OC1O[C@H](COCc2ccccc2)[C@@H](OCc2ccccc2)[C@H](OCc2ccccc2)[C@H]1OCc1ccccc1. The second-order valence-electron chi connectivity index (χ2n) is 19.5. The topological polar surface area (TPSA) is 109 Å². The highest BCUT2D eigenvalue weighted by Crippen LogP contribution is 2.59. The summed E-state index contributed by atoms with van der Waals surface area (Å²) in [6.45, 7) is 1.66. The first kappa shape index (κ1) is 54.9. The normalized spacial score (nSPS) is 24.1. The fraction of sp³-hybridized carbons (Fsp3) is 0.273. The monoisotopic (exact) mass is 1070 g/mol. The Morgan fingerprint density at radius 1 is 0.321 bits per heavy atom. The van der Waals surface area contributed by atoms with Crippen LogP contribution in [0.4, 0.5) is 0 Å². The van der Waals surface area contributed by atoms with E-state index in [4.69, 9.17) is 47.2 Å². The first-order chi connectivity index (χ1) is 38.6. The van der Waals surface area contributed by atoms with Gasteiger partial charge in [0, 0.05) is 5.30 Å². The minimum atomic E-state index is -4.20. The quantitative estimate of drug-likeness (QED) is 0.0484. The fourth-order valence-electron chi connectivity index (χ4n) is 9.79. The zero-order valence-corrected chi connectivity index (χ0v) is 44.5. The average Bonchev–Trinajstić information content (AvgIpc) is 3.54. The van der Waals surface area contributed by atoms with Gasteiger partial charge in [-0.3, -0.25) is 4.57 Å². The molecule has 0 spiro atoms. The van der Waals surface area contributed by atoms with Crippen molar-refractivity contribution in [1.29, 1.82) is 0 Å². The molecule has 12 heteroatoms. The molecule has 0 saturated carbocycles. The van der Waals surface area contributed by atoms with Gasteiger partial charge < -0.3 is 47.2 Å². The van der Waals surface area contributed by atoms with Crippen LogP contribution in [0.15, 0.2) is 243 Å². The number of hydrogen-bond donors (Lipinski definition) is 0. The first-order valence-corrected chi connectivity index (χ1v) is 28.4. The Labute approximate surface area is 458 Å². The number of hydrogen-bond acceptors (Lipinski definition) is 11. The van der Waals surface area contributed by atoms with Gasteiger partial charge in [-0.15, -0.1) is 0 Å². The first-order valence-electron chi connectivity index (χ1n) is 26.7. The van der Waals surface area contributed by atoms with E-state index in [1.54, 1.807) is 0 Å². The number of benzene rings is 8. The van der Waals surface area contributed by atoms with Gasteiger partial charge in [-0.1, -0.05) is 231 Å². The predicted octanol–water partition coefficient (Wildman–Crippen LogP) is 12.4. The highest BCUT2D eigenvalue weighted by molar-refractivity contribution is 7.67. The van der Waals surface area contributed by atoms with Gasteiger partial charge in [0.2, 0.25) is 0 Å². The number of ether oxygens (including phenoxy) is 9. The molecular weight excluding hydrogens is 1000 g/mol. The molecule has 0 amide bonds. The van der Waals surface area contributed by atoms with Crippen molar-refractivity contribution in [2.45, 2.75) is 101 Å². The molecule has 10 atom stereocenters. The van der Waals surface area contributed by atoms with Crippen molar-refractivity contribution in [1.82, 2.24) is 0 Å². The van der Waals surface area contributed by atoms with E-state index in [0.29, 0.717) is 18.5 Å². The van der Waals surface area contributed by atoms with Crippen molar-refractivity contribution < 1.29 is 51.7 Å². The van der Waals surface area contributed by atoms with Crippen LogP contribution >= 0.6 is 7.37 Å². The molecule has 0 bridgehead atoms. The summed E-state index contributed by atoms with van der Waals surface area (Å²) in [6.07, 6.45) is -7.47. The lowest BCUT2D eigenvalue weighted by Gasteiger charge is -2.50. The minimum Gasteiger partial charge on any atom is -0.374 e. The van der Waals surface area contributed by atoms with E-state index in [1.807, 2.05) is 243 Å². The molecule has 8 aromatic carbocycles. The Balaban J connectivity index is 1.08. The molecule has 1 unspecified atom stereocenters. The zero-order valence-electron chi connectivity index (χ0n) is 43.6. The highest BCUT2D eigenvalue weighted by Gasteiger charge is 2.59. The molecule has 0 aliphatic carbocycles. The van der Waals surface area contributed by atoms with E-state index in [2.05, 4.69) is 0 Å². The van der Waals surface area contributed by atoms with Crippen molar-refractivity contribution in [2.75, 3.05) is 13.2 Å². The molecule has 11 nitrogen and oxygen atoms in total. The third-order valence-electron chi connectivity index (χ3n) is 13.8.